The first-order valence-corrected chi connectivity index (χ1v) is 4.81. The van der Waals surface area contributed by atoms with Gasteiger partial charge in [0.15, 0.2) is 5.37 Å². The fourth-order valence-corrected chi connectivity index (χ4v) is 1.29. The van der Waals surface area contributed by atoms with Gasteiger partial charge in [-0.05, 0) is 12.5 Å². The van der Waals surface area contributed by atoms with Gasteiger partial charge in [0, 0.05) is 0 Å². The van der Waals surface area contributed by atoms with E-state index >= 15 is 0 Å². The van der Waals surface area contributed by atoms with Gasteiger partial charge >= 0.3 is 29.6 Å². The van der Waals surface area contributed by atoms with E-state index in [1.807, 2.05) is 0 Å². The van der Waals surface area contributed by atoms with E-state index < -0.39 is 21.4 Å². The van der Waals surface area contributed by atoms with Crippen molar-refractivity contribution in [1.82, 2.24) is 5.32 Å². The van der Waals surface area contributed by atoms with Crippen LogP contribution in [0, 0.1) is 0 Å². The van der Waals surface area contributed by atoms with E-state index in [0.29, 0.717) is 0 Å². The fourth-order valence-electron chi connectivity index (χ4n) is 0.605. The Morgan fingerprint density at radius 3 is 2.46 bits per heavy atom. The summed E-state index contributed by atoms with van der Waals surface area (Å²) < 4.78 is 29.6. The zero-order chi connectivity index (χ0) is 9.78. The van der Waals surface area contributed by atoms with Gasteiger partial charge < -0.3 is 6.74 Å². The topological polar surface area (TPSA) is 83.5 Å². The molecule has 1 unspecified atom stereocenters. The van der Waals surface area contributed by atoms with E-state index in [4.69, 9.17) is 4.55 Å². The zero-order valence-electron chi connectivity index (χ0n) is 8.65. The molecule has 1 amide bonds. The summed E-state index contributed by atoms with van der Waals surface area (Å²) in [6, 6.07) is 0. The Morgan fingerprint density at radius 1 is 1.77 bits per heavy atom. The van der Waals surface area contributed by atoms with E-state index in [1.54, 1.807) is 0 Å². The summed E-state index contributed by atoms with van der Waals surface area (Å²) in [5.74, 6) is -0.625. The molecule has 0 aromatic rings. The molecule has 72 valence electrons. The van der Waals surface area contributed by atoms with Gasteiger partial charge in [-0.15, -0.1) is 0 Å². The van der Waals surface area contributed by atoms with Crippen molar-refractivity contribution < 1.29 is 48.7 Å². The molecule has 1 atom stereocenters. The monoisotopic (exact) mass is 217 g/mol. The molecule has 0 aliphatic rings. The average molecular weight is 217 g/mol. The summed E-state index contributed by atoms with van der Waals surface area (Å²) in [4.78, 5) is 10.6. The number of carbonyl (C=O) groups excluding carboxylic acids is 1. The van der Waals surface area contributed by atoms with Crippen LogP contribution in [0.4, 0.5) is 0 Å². The Hall–Kier alpha value is 0.120. The van der Waals surface area contributed by atoms with Gasteiger partial charge in [-0.25, -0.2) is 0 Å². The predicted octanol–water partition coefficient (Wildman–Crippen LogP) is -2.97. The molecule has 2 N–H and O–H groups in total. The molecule has 0 aliphatic carbocycles. The van der Waals surface area contributed by atoms with Crippen molar-refractivity contribution in [3.05, 3.63) is 12.7 Å². The molecule has 0 saturated heterocycles. The summed E-state index contributed by atoms with van der Waals surface area (Å²) >= 11 is 0. The first-order chi connectivity index (χ1) is 5.41. The number of hydrogen-bond donors (Lipinski definition) is 2. The van der Waals surface area contributed by atoms with Gasteiger partial charge in [0.1, 0.15) is 0 Å². The van der Waals surface area contributed by atoms with Crippen LogP contribution in [-0.4, -0.2) is 24.3 Å². The molecule has 0 bridgehead atoms. The zero-order valence-corrected chi connectivity index (χ0v) is 10.5. The SMILES string of the molecule is C=CC(=O)NC(CC)S(=O)(=O)O.[H-].[Na+]. The largest absolute Gasteiger partial charge is 1.00 e. The van der Waals surface area contributed by atoms with Crippen molar-refractivity contribution in [2.75, 3.05) is 0 Å². The van der Waals surface area contributed by atoms with Crippen LogP contribution >= 0.6 is 0 Å². The Bertz CT molecular complexity index is 280. The molecule has 5 nitrogen and oxygen atoms in total. The van der Waals surface area contributed by atoms with Crippen molar-refractivity contribution in [3.8, 4) is 0 Å². The van der Waals surface area contributed by atoms with Crippen LogP contribution in [0.2, 0.25) is 0 Å². The van der Waals surface area contributed by atoms with E-state index in [9.17, 15) is 13.2 Å². The molecule has 0 heterocycles. The number of nitrogens with one attached hydrogen (secondary N) is 1. The average Bonchev–Trinajstić information content (AvgIpc) is 1.97. The van der Waals surface area contributed by atoms with Gasteiger partial charge in [0.2, 0.25) is 5.91 Å². The fraction of sp³-hybridized carbons (Fsp3) is 0.500. The summed E-state index contributed by atoms with van der Waals surface area (Å²) in [6.45, 7) is 4.67. The Morgan fingerprint density at radius 2 is 2.23 bits per heavy atom. The van der Waals surface area contributed by atoms with Crippen molar-refractivity contribution in [3.63, 3.8) is 0 Å². The van der Waals surface area contributed by atoms with Crippen LogP contribution in [0.3, 0.4) is 0 Å². The number of amides is 1. The van der Waals surface area contributed by atoms with E-state index in [2.05, 4.69) is 11.9 Å². The van der Waals surface area contributed by atoms with E-state index in [0.717, 1.165) is 6.08 Å². The Kier molecular flexibility index (Phi) is 7.86. The molecule has 0 rings (SSSR count). The minimum atomic E-state index is -4.20. The Balaban J connectivity index is -0.000000605. The van der Waals surface area contributed by atoms with Crippen molar-refractivity contribution >= 4 is 16.0 Å². The first kappa shape index (κ1) is 15.6. The van der Waals surface area contributed by atoms with Gasteiger partial charge in [-0.1, -0.05) is 13.5 Å². The summed E-state index contributed by atoms with van der Waals surface area (Å²) in [5, 5.41) is 0.814. The molecule has 7 heteroatoms. The summed E-state index contributed by atoms with van der Waals surface area (Å²) in [7, 11) is -4.20. The second-order valence-corrected chi connectivity index (χ2v) is 3.72. The molecule has 0 aromatic carbocycles. The normalized spacial score (nSPS) is 12.5. The third-order valence-electron chi connectivity index (χ3n) is 1.22. The van der Waals surface area contributed by atoms with Crippen LogP contribution in [0.1, 0.15) is 14.8 Å². The number of rotatable bonds is 4. The number of hydrogen-bond acceptors (Lipinski definition) is 3. The van der Waals surface area contributed by atoms with Gasteiger partial charge in [-0.3, -0.25) is 9.35 Å². The Labute approximate surface area is 101 Å². The molecule has 0 spiro atoms. The maximum absolute atomic E-state index is 10.6. The minimum absolute atomic E-state index is 0. The van der Waals surface area contributed by atoms with E-state index in [-0.39, 0.29) is 37.4 Å². The van der Waals surface area contributed by atoms with Crippen LogP contribution in [0.25, 0.3) is 0 Å². The molecule has 13 heavy (non-hydrogen) atoms. The van der Waals surface area contributed by atoms with Crippen LogP contribution in [0.5, 0.6) is 0 Å². The van der Waals surface area contributed by atoms with Crippen molar-refractivity contribution in [2.24, 2.45) is 0 Å². The summed E-state index contributed by atoms with van der Waals surface area (Å²) in [6.07, 6.45) is 1.05. The molecular weight excluding hydrogens is 205 g/mol. The second kappa shape index (κ2) is 6.56. The molecule has 0 fully saturated rings. The maximum atomic E-state index is 10.6. The van der Waals surface area contributed by atoms with Crippen LogP contribution in [-0.2, 0) is 14.9 Å². The minimum Gasteiger partial charge on any atom is -1.00 e. The van der Waals surface area contributed by atoms with Gasteiger partial charge in [0.25, 0.3) is 10.1 Å². The predicted molar refractivity (Wildman–Crippen MR) is 45.1 cm³/mol. The standard InChI is InChI=1S/C6H11NO4S.Na.H/c1-3-5(8)7-6(4-2)12(9,10)11;;/h3,6H,1,4H2,2H3,(H,7,8)(H,9,10,11);;/q;+1;-1. The number of carbonyl (C=O) groups is 1. The first-order valence-electron chi connectivity index (χ1n) is 3.31. The van der Waals surface area contributed by atoms with Crippen molar-refractivity contribution in [2.45, 2.75) is 18.7 Å². The quantitative estimate of drug-likeness (QED) is 0.299. The smallest absolute Gasteiger partial charge is 1.00 e. The third kappa shape index (κ3) is 6.23. The third-order valence-corrected chi connectivity index (χ3v) is 2.39. The van der Waals surface area contributed by atoms with Crippen molar-refractivity contribution in [1.29, 1.82) is 0 Å². The van der Waals surface area contributed by atoms with Crippen LogP contribution in [0.15, 0.2) is 12.7 Å². The van der Waals surface area contributed by atoms with E-state index in [1.165, 1.54) is 6.92 Å². The van der Waals surface area contributed by atoms with Gasteiger partial charge in [-0.2, -0.15) is 8.42 Å². The second-order valence-electron chi connectivity index (χ2n) is 2.12. The van der Waals surface area contributed by atoms with Crippen LogP contribution < -0.4 is 34.9 Å². The molecule has 0 aromatic heterocycles. The summed E-state index contributed by atoms with van der Waals surface area (Å²) in [5.41, 5.74) is 0. The maximum Gasteiger partial charge on any atom is 1.00 e. The molecular formula is C6H12NNaO4S. The molecule has 0 radical (unpaired) electrons. The molecule has 0 aliphatic heterocycles. The molecule has 0 saturated carbocycles. The van der Waals surface area contributed by atoms with Gasteiger partial charge in [0.05, 0.1) is 0 Å².